The molecule has 22 heteroatoms. The number of carboxylic acids is 2. The minimum atomic E-state index is -5.16. The molecule has 4 aromatic rings. The molecular formula is C28H20N4O16S2. The number of phenolic OH excluding ortho intramolecular Hbond substituents is 4. The molecule has 0 unspecified atom stereocenters. The second-order valence-electron chi connectivity index (χ2n) is 9.53. The van der Waals surface area contributed by atoms with Crippen LogP contribution in [0, 0.1) is 0 Å². The molecule has 0 spiro atoms. The topological polar surface area (TPSA) is 332 Å². The highest BCUT2D eigenvalue weighted by molar-refractivity contribution is 7.81. The predicted octanol–water partition coefficient (Wildman–Crippen LogP) is 5.27. The number of carboxylic acid groups (broad SMARTS) is 2. The quantitative estimate of drug-likeness (QED) is 0.0522. The van der Waals surface area contributed by atoms with E-state index >= 15 is 0 Å². The molecule has 50 heavy (non-hydrogen) atoms. The first-order chi connectivity index (χ1) is 23.3. The summed E-state index contributed by atoms with van der Waals surface area (Å²) >= 11 is 0. The standard InChI is InChI=1S/C28H20N4O16S2/c33-17-9-19(27(37)38)25(21(35)11-17)31-29-15-5-3-13(23(7-15)47-49(41,42)43)1-2-14-4-6-16(8-24(14)48-50(44,45)46)30-32-26-20(28(39)40)10-18(34)12-22(26)36/h1-12,33-36H,(H,37,38)(H,39,40)(H,41,42,43)(H,44,45,46)/b2-1+,31-29?,32-30?. The zero-order chi connectivity index (χ0) is 37.0. The number of nitrogens with zero attached hydrogens (tertiary/aromatic N) is 4. The fraction of sp³-hybridized carbons (Fsp3) is 0. The summed E-state index contributed by atoms with van der Waals surface area (Å²) in [4.78, 5) is 23.0. The van der Waals surface area contributed by atoms with Crippen molar-refractivity contribution >= 4 is 67.6 Å². The van der Waals surface area contributed by atoms with Crippen molar-refractivity contribution in [2.75, 3.05) is 0 Å². The molecule has 0 aliphatic heterocycles. The van der Waals surface area contributed by atoms with Gasteiger partial charge >= 0.3 is 32.7 Å². The first kappa shape index (κ1) is 36.2. The molecule has 0 saturated heterocycles. The van der Waals surface area contributed by atoms with Crippen LogP contribution in [0.2, 0.25) is 0 Å². The Kier molecular flexibility index (Phi) is 10.3. The van der Waals surface area contributed by atoms with Crippen molar-refractivity contribution in [3.8, 4) is 34.5 Å². The highest BCUT2D eigenvalue weighted by Gasteiger charge is 2.19. The lowest BCUT2D eigenvalue weighted by molar-refractivity contribution is 0.0686. The number of rotatable bonds is 12. The number of aromatic carboxylic acids is 2. The zero-order valence-electron chi connectivity index (χ0n) is 24.4. The maximum Gasteiger partial charge on any atom is 0.446 e. The number of carbonyl (C=O) groups is 2. The smallest absolute Gasteiger partial charge is 0.446 e. The van der Waals surface area contributed by atoms with Gasteiger partial charge in [-0.3, -0.25) is 9.11 Å². The minimum Gasteiger partial charge on any atom is -0.508 e. The van der Waals surface area contributed by atoms with Crippen LogP contribution >= 0.6 is 0 Å². The lowest BCUT2D eigenvalue weighted by atomic mass is 10.1. The maximum absolute atomic E-state index is 11.6. The Morgan fingerprint density at radius 3 is 1.24 bits per heavy atom. The number of azo groups is 2. The van der Waals surface area contributed by atoms with E-state index in [4.69, 9.17) is 0 Å². The molecule has 4 rings (SSSR count). The lowest BCUT2D eigenvalue weighted by Gasteiger charge is -2.09. The van der Waals surface area contributed by atoms with Crippen molar-refractivity contribution in [3.05, 3.63) is 82.9 Å². The van der Waals surface area contributed by atoms with Gasteiger partial charge in [-0.05, 0) is 36.4 Å². The van der Waals surface area contributed by atoms with Gasteiger partial charge in [0, 0.05) is 35.4 Å². The average molecular weight is 733 g/mol. The predicted molar refractivity (Wildman–Crippen MR) is 168 cm³/mol. The molecule has 0 amide bonds. The molecule has 8 N–H and O–H groups in total. The minimum absolute atomic E-state index is 0.106. The van der Waals surface area contributed by atoms with Crippen LogP contribution in [0.3, 0.4) is 0 Å². The Morgan fingerprint density at radius 1 is 0.560 bits per heavy atom. The maximum atomic E-state index is 11.6. The van der Waals surface area contributed by atoms with Gasteiger partial charge in [-0.25, -0.2) is 9.59 Å². The van der Waals surface area contributed by atoms with E-state index in [1.807, 2.05) is 0 Å². The van der Waals surface area contributed by atoms with E-state index in [9.17, 15) is 66.2 Å². The highest BCUT2D eigenvalue weighted by atomic mass is 32.3. The average Bonchev–Trinajstić information content (AvgIpc) is 2.98. The number of hydrogen-bond donors (Lipinski definition) is 8. The summed E-state index contributed by atoms with van der Waals surface area (Å²) in [5.41, 5.74) is -2.98. The van der Waals surface area contributed by atoms with Crippen LogP contribution in [-0.4, -0.2) is 68.5 Å². The molecule has 0 aliphatic carbocycles. The summed E-state index contributed by atoms with van der Waals surface area (Å²) in [7, 11) is -10.3. The van der Waals surface area contributed by atoms with Crippen molar-refractivity contribution in [1.29, 1.82) is 0 Å². The van der Waals surface area contributed by atoms with Crippen molar-refractivity contribution in [3.63, 3.8) is 0 Å². The van der Waals surface area contributed by atoms with E-state index < -0.39 is 89.7 Å². The van der Waals surface area contributed by atoms with Gasteiger partial charge in [0.2, 0.25) is 0 Å². The third-order valence-corrected chi connectivity index (χ3v) is 6.75. The third-order valence-electron chi connectivity index (χ3n) is 5.97. The van der Waals surface area contributed by atoms with Gasteiger partial charge in [0.05, 0.1) is 22.5 Å². The van der Waals surface area contributed by atoms with Crippen molar-refractivity contribution in [1.82, 2.24) is 0 Å². The number of aromatic hydroxyl groups is 4. The Labute approximate surface area is 279 Å². The lowest BCUT2D eigenvalue weighted by Crippen LogP contribution is -2.08. The monoisotopic (exact) mass is 732 g/mol. The first-order valence-corrected chi connectivity index (χ1v) is 15.7. The Balaban J connectivity index is 1.73. The van der Waals surface area contributed by atoms with E-state index in [2.05, 4.69) is 28.8 Å². The van der Waals surface area contributed by atoms with Crippen LogP contribution in [0.4, 0.5) is 22.7 Å². The summed E-state index contributed by atoms with van der Waals surface area (Å²) in [5.74, 6) is -6.97. The third kappa shape index (κ3) is 9.48. The molecule has 260 valence electrons. The fourth-order valence-corrected chi connectivity index (χ4v) is 4.70. The van der Waals surface area contributed by atoms with Crippen LogP contribution in [-0.2, 0) is 20.8 Å². The van der Waals surface area contributed by atoms with Gasteiger partial charge in [-0.1, -0.05) is 12.2 Å². The van der Waals surface area contributed by atoms with E-state index in [1.54, 1.807) is 0 Å². The number of phenols is 4. The Morgan fingerprint density at radius 2 is 0.920 bits per heavy atom. The Hall–Kier alpha value is -6.62. The summed E-state index contributed by atoms with van der Waals surface area (Å²) in [6.07, 6.45) is 2.27. The SMILES string of the molecule is O=C(O)c1cc(O)cc(O)c1N=Nc1ccc(/C=C/c2ccc(N=Nc3c(O)cc(O)cc3C(=O)O)cc2OS(=O)(=O)O)c(OS(=O)(=O)O)c1. The molecule has 0 bridgehead atoms. The van der Waals surface area contributed by atoms with E-state index in [1.165, 1.54) is 24.3 Å². The summed E-state index contributed by atoms with van der Waals surface area (Å²) in [6.45, 7) is 0. The molecule has 0 heterocycles. The van der Waals surface area contributed by atoms with Gasteiger partial charge in [0.15, 0.2) is 11.5 Å². The van der Waals surface area contributed by atoms with E-state index in [0.29, 0.717) is 0 Å². The van der Waals surface area contributed by atoms with Crippen molar-refractivity contribution < 1.29 is 74.5 Å². The van der Waals surface area contributed by atoms with Gasteiger partial charge in [-0.2, -0.15) is 27.1 Å². The van der Waals surface area contributed by atoms with Crippen LogP contribution in [0.5, 0.6) is 34.5 Å². The molecule has 0 aliphatic rings. The molecule has 0 radical (unpaired) electrons. The number of hydrogen-bond acceptors (Lipinski definition) is 16. The van der Waals surface area contributed by atoms with E-state index in [0.717, 1.165) is 48.6 Å². The van der Waals surface area contributed by atoms with Gasteiger partial charge in [0.25, 0.3) is 0 Å². The molecule has 20 nitrogen and oxygen atoms in total. The zero-order valence-corrected chi connectivity index (χ0v) is 26.0. The van der Waals surface area contributed by atoms with Crippen LogP contribution in [0.15, 0.2) is 81.1 Å². The largest absolute Gasteiger partial charge is 0.508 e. The highest BCUT2D eigenvalue weighted by Crippen LogP contribution is 2.38. The summed E-state index contributed by atoms with van der Waals surface area (Å²) < 4.78 is 74.0. The molecule has 0 fully saturated rings. The van der Waals surface area contributed by atoms with Crippen LogP contribution < -0.4 is 8.37 Å². The molecular weight excluding hydrogens is 712 g/mol. The van der Waals surface area contributed by atoms with Crippen LogP contribution in [0.1, 0.15) is 31.8 Å². The van der Waals surface area contributed by atoms with Gasteiger partial charge in [-0.15, -0.1) is 10.2 Å². The van der Waals surface area contributed by atoms with Gasteiger partial charge < -0.3 is 39.0 Å². The molecule has 0 aromatic heterocycles. The van der Waals surface area contributed by atoms with E-state index in [-0.39, 0.29) is 22.5 Å². The summed E-state index contributed by atoms with van der Waals surface area (Å²) in [6, 6.07) is 9.81. The number of benzene rings is 4. The summed E-state index contributed by atoms with van der Waals surface area (Å²) in [5, 5.41) is 72.6. The first-order valence-electron chi connectivity index (χ1n) is 13.0. The van der Waals surface area contributed by atoms with Gasteiger partial charge in [0.1, 0.15) is 34.4 Å². The van der Waals surface area contributed by atoms with Crippen LogP contribution in [0.25, 0.3) is 12.2 Å². The molecule has 0 atom stereocenters. The molecule has 0 saturated carbocycles. The second kappa shape index (κ2) is 14.2. The normalized spacial score (nSPS) is 12.1. The molecule has 4 aromatic carbocycles. The Bertz CT molecular complexity index is 2180. The van der Waals surface area contributed by atoms with Crippen molar-refractivity contribution in [2.45, 2.75) is 0 Å². The fourth-order valence-electron chi connectivity index (χ4n) is 3.96. The second-order valence-corrected chi connectivity index (χ2v) is 11.6. The van der Waals surface area contributed by atoms with Crippen molar-refractivity contribution in [2.24, 2.45) is 20.5 Å².